The molecule has 1 amide bonds. The zero-order valence-electron chi connectivity index (χ0n) is 17.2. The number of carbonyl (C=O) groups is 1. The minimum atomic E-state index is -3.83. The predicted molar refractivity (Wildman–Crippen MR) is 116 cm³/mol. The van der Waals surface area contributed by atoms with Crippen LogP contribution in [0.2, 0.25) is 0 Å². The molecule has 13 heteroatoms. The SMILES string of the molecule is N#Cc1ccccc1S(=O)(=O)N1CCN(C(=O)CSc2nnnn2-c2cccc(F)c2)CC1. The normalized spacial score (nSPS) is 14.7. The first kappa shape index (κ1) is 22.8. The number of sulfonamides is 1. The number of hydrogen-bond acceptors (Lipinski definition) is 8. The molecule has 10 nitrogen and oxygen atoms in total. The number of halogens is 1. The van der Waals surface area contributed by atoms with Crippen molar-refractivity contribution >= 4 is 27.7 Å². The van der Waals surface area contributed by atoms with Crippen LogP contribution in [0.5, 0.6) is 0 Å². The number of piperazine rings is 1. The summed E-state index contributed by atoms with van der Waals surface area (Å²) in [4.78, 5) is 14.2. The van der Waals surface area contributed by atoms with E-state index in [9.17, 15) is 22.9 Å². The summed E-state index contributed by atoms with van der Waals surface area (Å²) in [6, 6.07) is 13.7. The number of amides is 1. The van der Waals surface area contributed by atoms with Crippen molar-refractivity contribution in [2.45, 2.75) is 10.1 Å². The Balaban J connectivity index is 1.36. The van der Waals surface area contributed by atoms with E-state index in [1.165, 1.54) is 39.3 Å². The monoisotopic (exact) mass is 487 g/mol. The van der Waals surface area contributed by atoms with E-state index in [1.807, 2.05) is 6.07 Å². The molecular weight excluding hydrogens is 469 g/mol. The van der Waals surface area contributed by atoms with Crippen LogP contribution in [0.4, 0.5) is 4.39 Å². The smallest absolute Gasteiger partial charge is 0.244 e. The van der Waals surface area contributed by atoms with E-state index in [4.69, 9.17) is 0 Å². The lowest BCUT2D eigenvalue weighted by atomic mass is 10.2. The molecule has 1 saturated heterocycles. The Morgan fingerprint density at radius 3 is 2.61 bits per heavy atom. The Labute approximate surface area is 193 Å². The Kier molecular flexibility index (Phi) is 6.68. The molecule has 0 atom stereocenters. The van der Waals surface area contributed by atoms with Crippen molar-refractivity contribution in [2.24, 2.45) is 0 Å². The third kappa shape index (κ3) is 4.87. The molecule has 0 N–H and O–H groups in total. The standard InChI is InChI=1S/C20H18FN7O3S2/c21-16-5-3-6-17(12-16)28-20(23-24-25-28)32-14-19(29)26-8-10-27(11-9-26)33(30,31)18-7-2-1-4-15(18)13-22/h1-7,12H,8-11,14H2. The van der Waals surface area contributed by atoms with Gasteiger partial charge in [-0.05, 0) is 40.8 Å². The Morgan fingerprint density at radius 2 is 1.88 bits per heavy atom. The van der Waals surface area contributed by atoms with Gasteiger partial charge in [0.1, 0.15) is 11.9 Å². The van der Waals surface area contributed by atoms with Gasteiger partial charge in [0.2, 0.25) is 21.1 Å². The maximum atomic E-state index is 13.5. The molecular formula is C20H18FN7O3S2. The predicted octanol–water partition coefficient (Wildman–Crippen LogP) is 1.30. The van der Waals surface area contributed by atoms with Gasteiger partial charge in [0.25, 0.3) is 0 Å². The molecule has 0 bridgehead atoms. The average Bonchev–Trinajstić information content (AvgIpc) is 3.31. The highest BCUT2D eigenvalue weighted by molar-refractivity contribution is 7.99. The van der Waals surface area contributed by atoms with Gasteiger partial charge in [-0.3, -0.25) is 4.79 Å². The number of benzene rings is 2. The molecule has 2 heterocycles. The summed E-state index contributed by atoms with van der Waals surface area (Å²) >= 11 is 1.11. The number of hydrogen-bond donors (Lipinski definition) is 0. The number of tetrazole rings is 1. The van der Waals surface area contributed by atoms with Gasteiger partial charge in [-0.2, -0.15) is 14.2 Å². The lowest BCUT2D eigenvalue weighted by Crippen LogP contribution is -2.51. The molecule has 0 unspecified atom stereocenters. The number of nitriles is 1. The van der Waals surface area contributed by atoms with Crippen molar-refractivity contribution in [3.63, 3.8) is 0 Å². The van der Waals surface area contributed by atoms with Crippen LogP contribution in [0.15, 0.2) is 58.6 Å². The van der Waals surface area contributed by atoms with Crippen LogP contribution in [0.25, 0.3) is 5.69 Å². The third-order valence-electron chi connectivity index (χ3n) is 5.04. The van der Waals surface area contributed by atoms with E-state index in [1.54, 1.807) is 23.1 Å². The molecule has 4 rings (SSSR count). The van der Waals surface area contributed by atoms with Crippen molar-refractivity contribution in [1.29, 1.82) is 5.26 Å². The second kappa shape index (κ2) is 9.65. The molecule has 3 aromatic rings. The molecule has 2 aromatic carbocycles. The first-order chi connectivity index (χ1) is 15.9. The molecule has 0 radical (unpaired) electrons. The number of carbonyl (C=O) groups excluding carboxylic acids is 1. The van der Waals surface area contributed by atoms with Gasteiger partial charge in [-0.15, -0.1) is 5.10 Å². The summed E-state index contributed by atoms with van der Waals surface area (Å²) < 4.78 is 42.0. The van der Waals surface area contributed by atoms with Crippen LogP contribution < -0.4 is 0 Å². The average molecular weight is 488 g/mol. The summed E-state index contributed by atoms with van der Waals surface area (Å²) in [5.41, 5.74) is 0.523. The van der Waals surface area contributed by atoms with E-state index in [0.29, 0.717) is 10.8 Å². The Hall–Kier alpha value is -3.34. The summed E-state index contributed by atoms with van der Waals surface area (Å²) in [5, 5.41) is 20.9. The molecule has 1 aliphatic rings. The van der Waals surface area contributed by atoms with Gasteiger partial charge in [0.15, 0.2) is 0 Å². The van der Waals surface area contributed by atoms with Crippen molar-refractivity contribution in [2.75, 3.05) is 31.9 Å². The van der Waals surface area contributed by atoms with Crippen LogP contribution in [-0.4, -0.2) is 75.7 Å². The van der Waals surface area contributed by atoms with Gasteiger partial charge >= 0.3 is 0 Å². The van der Waals surface area contributed by atoms with Crippen molar-refractivity contribution in [1.82, 2.24) is 29.4 Å². The fourth-order valence-electron chi connectivity index (χ4n) is 3.36. The quantitative estimate of drug-likeness (QED) is 0.477. The molecule has 0 aliphatic carbocycles. The topological polar surface area (TPSA) is 125 Å². The summed E-state index contributed by atoms with van der Waals surface area (Å²) in [6.07, 6.45) is 0. The lowest BCUT2D eigenvalue weighted by Gasteiger charge is -2.34. The molecule has 1 fully saturated rings. The second-order valence-corrected chi connectivity index (χ2v) is 9.88. The number of nitrogens with zero attached hydrogens (tertiary/aromatic N) is 7. The zero-order valence-corrected chi connectivity index (χ0v) is 18.8. The fourth-order valence-corrected chi connectivity index (χ4v) is 5.72. The minimum Gasteiger partial charge on any atom is -0.339 e. The largest absolute Gasteiger partial charge is 0.339 e. The van der Waals surface area contributed by atoms with Crippen LogP contribution >= 0.6 is 11.8 Å². The third-order valence-corrected chi connectivity index (χ3v) is 7.90. The van der Waals surface area contributed by atoms with Crippen molar-refractivity contribution in [3.05, 3.63) is 59.9 Å². The maximum absolute atomic E-state index is 13.5. The summed E-state index contributed by atoms with van der Waals surface area (Å²) in [6.45, 7) is 0.698. The fraction of sp³-hybridized carbons (Fsp3) is 0.250. The lowest BCUT2D eigenvalue weighted by molar-refractivity contribution is -0.129. The molecule has 0 spiro atoms. The highest BCUT2D eigenvalue weighted by Crippen LogP contribution is 2.22. The number of thioether (sulfide) groups is 1. The van der Waals surface area contributed by atoms with E-state index >= 15 is 0 Å². The van der Waals surface area contributed by atoms with E-state index in [-0.39, 0.29) is 48.3 Å². The molecule has 1 aliphatic heterocycles. The Morgan fingerprint density at radius 1 is 1.12 bits per heavy atom. The Bertz CT molecular complexity index is 1310. The van der Waals surface area contributed by atoms with Crippen LogP contribution in [0, 0.1) is 17.1 Å². The summed E-state index contributed by atoms with van der Waals surface area (Å²) in [7, 11) is -3.83. The minimum absolute atomic E-state index is 0.0352. The molecule has 33 heavy (non-hydrogen) atoms. The van der Waals surface area contributed by atoms with E-state index < -0.39 is 15.8 Å². The van der Waals surface area contributed by atoms with Crippen molar-refractivity contribution < 1.29 is 17.6 Å². The van der Waals surface area contributed by atoms with Crippen LogP contribution in [0.3, 0.4) is 0 Å². The first-order valence-electron chi connectivity index (χ1n) is 9.84. The highest BCUT2D eigenvalue weighted by atomic mass is 32.2. The van der Waals surface area contributed by atoms with Gasteiger partial charge in [0.05, 0.1) is 21.9 Å². The van der Waals surface area contributed by atoms with E-state index in [2.05, 4.69) is 15.5 Å². The van der Waals surface area contributed by atoms with Gasteiger partial charge < -0.3 is 4.90 Å². The van der Waals surface area contributed by atoms with Crippen molar-refractivity contribution in [3.8, 4) is 11.8 Å². The van der Waals surface area contributed by atoms with Gasteiger partial charge in [-0.25, -0.2) is 12.8 Å². The number of rotatable bonds is 6. The molecule has 170 valence electrons. The van der Waals surface area contributed by atoms with Crippen LogP contribution in [-0.2, 0) is 14.8 Å². The van der Waals surface area contributed by atoms with Gasteiger partial charge in [0, 0.05) is 26.2 Å². The summed E-state index contributed by atoms with van der Waals surface area (Å²) in [5.74, 6) is -0.580. The van der Waals surface area contributed by atoms with Crippen LogP contribution in [0.1, 0.15) is 5.56 Å². The van der Waals surface area contributed by atoms with Gasteiger partial charge in [-0.1, -0.05) is 30.0 Å². The highest BCUT2D eigenvalue weighted by Gasteiger charge is 2.31. The molecule has 1 aromatic heterocycles. The second-order valence-electron chi connectivity index (χ2n) is 7.03. The maximum Gasteiger partial charge on any atom is 0.244 e. The zero-order chi connectivity index (χ0) is 23.4. The molecule has 0 saturated carbocycles. The van der Waals surface area contributed by atoms with E-state index in [0.717, 1.165) is 11.8 Å². The first-order valence-corrected chi connectivity index (χ1v) is 12.3. The number of aromatic nitrogens is 4.